The van der Waals surface area contributed by atoms with Crippen molar-refractivity contribution in [2.75, 3.05) is 20.8 Å². The number of ether oxygens (including phenoxy) is 3. The molecule has 12 heteroatoms. The molecule has 0 spiro atoms. The first-order chi connectivity index (χ1) is 21.4. The maximum atomic E-state index is 15.9. The fourth-order valence-electron chi connectivity index (χ4n) is 5.52. The van der Waals surface area contributed by atoms with E-state index >= 15 is 4.39 Å². The lowest BCUT2D eigenvalue weighted by molar-refractivity contribution is -0.134. The Balaban J connectivity index is 1.63. The maximum Gasteiger partial charge on any atom is 0.265 e. The lowest BCUT2D eigenvalue weighted by Crippen LogP contribution is -2.60. The highest BCUT2D eigenvalue weighted by Gasteiger charge is 2.54. The van der Waals surface area contributed by atoms with E-state index in [0.29, 0.717) is 22.4 Å². The van der Waals surface area contributed by atoms with E-state index in [9.17, 15) is 18.8 Å². The predicted molar refractivity (Wildman–Crippen MR) is 162 cm³/mol. The van der Waals surface area contributed by atoms with Crippen LogP contribution >= 0.6 is 0 Å². The highest BCUT2D eigenvalue weighted by Crippen LogP contribution is 2.43. The normalized spacial score (nSPS) is 16.7. The van der Waals surface area contributed by atoms with Crippen LogP contribution in [0.2, 0.25) is 0 Å². The average molecular weight is 617 g/mol. The van der Waals surface area contributed by atoms with Crippen LogP contribution in [0.1, 0.15) is 25.0 Å². The summed E-state index contributed by atoms with van der Waals surface area (Å²) in [5.41, 5.74) is 9.72. The highest BCUT2D eigenvalue weighted by molar-refractivity contribution is 6.36. The van der Waals surface area contributed by atoms with Crippen molar-refractivity contribution in [2.24, 2.45) is 11.5 Å². The number of amides is 2. The Morgan fingerprint density at radius 2 is 1.58 bits per heavy atom. The molecule has 2 amide bonds. The number of ketones is 1. The summed E-state index contributed by atoms with van der Waals surface area (Å²) in [6.07, 6.45) is 1.48. The van der Waals surface area contributed by atoms with Crippen LogP contribution in [-0.4, -0.2) is 54.3 Å². The molecule has 1 aromatic heterocycles. The Morgan fingerprint density at radius 1 is 0.911 bits per heavy atom. The molecule has 1 unspecified atom stereocenters. The van der Waals surface area contributed by atoms with E-state index in [0.717, 1.165) is 18.2 Å². The first kappa shape index (κ1) is 30.9. The van der Waals surface area contributed by atoms with Crippen molar-refractivity contribution in [1.29, 1.82) is 0 Å². The van der Waals surface area contributed by atoms with Gasteiger partial charge in [-0.2, -0.15) is 0 Å². The van der Waals surface area contributed by atoms with Gasteiger partial charge in [-0.15, -0.1) is 0 Å². The van der Waals surface area contributed by atoms with Gasteiger partial charge in [0.2, 0.25) is 5.91 Å². The van der Waals surface area contributed by atoms with Gasteiger partial charge < -0.3 is 30.6 Å². The predicted octanol–water partition coefficient (Wildman–Crippen LogP) is 4.24. The van der Waals surface area contributed by atoms with Crippen LogP contribution in [-0.2, 0) is 19.8 Å². The van der Waals surface area contributed by atoms with Crippen molar-refractivity contribution in [2.45, 2.75) is 25.3 Å². The molecule has 1 aliphatic rings. The van der Waals surface area contributed by atoms with Gasteiger partial charge in [-0.1, -0.05) is 18.2 Å². The summed E-state index contributed by atoms with van der Waals surface area (Å²) in [5, 5.41) is 0.510. The highest BCUT2D eigenvalue weighted by atomic mass is 19.1. The van der Waals surface area contributed by atoms with Crippen LogP contribution in [0.3, 0.4) is 0 Å². The number of methoxy groups -OCH3 is 2. The summed E-state index contributed by atoms with van der Waals surface area (Å²) in [6, 6.07) is 12.8. The number of pyridine rings is 1. The van der Waals surface area contributed by atoms with E-state index in [1.807, 2.05) is 0 Å². The molecule has 3 aromatic carbocycles. The minimum absolute atomic E-state index is 0.0652. The summed E-state index contributed by atoms with van der Waals surface area (Å²) >= 11 is 0. The van der Waals surface area contributed by atoms with Gasteiger partial charge in [0, 0.05) is 30.2 Å². The number of aromatic nitrogens is 1. The number of carbonyl (C=O) groups is 3. The molecule has 0 bridgehead atoms. The quantitative estimate of drug-likeness (QED) is 0.266. The van der Waals surface area contributed by atoms with Gasteiger partial charge in [0.1, 0.15) is 17.3 Å². The van der Waals surface area contributed by atoms with Crippen LogP contribution in [0.4, 0.5) is 8.78 Å². The van der Waals surface area contributed by atoms with Crippen LogP contribution in [0, 0.1) is 11.6 Å². The molecule has 4 N–H and O–H groups in total. The Bertz CT molecular complexity index is 1880. The van der Waals surface area contributed by atoms with E-state index in [-0.39, 0.29) is 33.9 Å². The van der Waals surface area contributed by atoms with Crippen molar-refractivity contribution >= 4 is 34.1 Å². The Hall–Kier alpha value is -5.52. The molecule has 0 saturated carbocycles. The van der Waals surface area contributed by atoms with Crippen molar-refractivity contribution < 1.29 is 37.4 Å². The van der Waals surface area contributed by atoms with Gasteiger partial charge in [0.25, 0.3) is 5.91 Å². The minimum Gasteiger partial charge on any atom is -0.493 e. The lowest BCUT2D eigenvalue weighted by atomic mass is 9.69. The summed E-state index contributed by atoms with van der Waals surface area (Å²) in [5.74, 6) is -3.45. The standard InChI is InChI=1S/C33H30F2N4O6/c1-17(2)39-16-33(32(37)42,30(40)28(29(39)31(36)41)18-5-8-20(34)9-6-18)19-7-10-25(22(35)13-19)45-24-11-12-38-23-15-27(44-4)26(43-3)14-21(23)24/h5-15,17H,16H2,1-4H3,(H2,36,41)(H2,37,42). The zero-order valence-electron chi connectivity index (χ0n) is 24.9. The van der Waals surface area contributed by atoms with Crippen LogP contribution in [0.15, 0.2) is 72.6 Å². The van der Waals surface area contributed by atoms with Gasteiger partial charge >= 0.3 is 0 Å². The lowest BCUT2D eigenvalue weighted by Gasteiger charge is -2.44. The molecule has 4 aromatic rings. The van der Waals surface area contributed by atoms with Crippen molar-refractivity contribution in [3.63, 3.8) is 0 Å². The number of Topliss-reactive ketones (excluding diaryl/α,β-unsaturated/α-hetero) is 1. The third-order valence-electron chi connectivity index (χ3n) is 7.81. The summed E-state index contributed by atoms with van der Waals surface area (Å²) in [6.45, 7) is 3.07. The molecule has 45 heavy (non-hydrogen) atoms. The molecule has 1 atom stereocenters. The third kappa shape index (κ3) is 5.28. The van der Waals surface area contributed by atoms with Gasteiger partial charge in [0.15, 0.2) is 34.3 Å². The monoisotopic (exact) mass is 616 g/mol. The Kier molecular flexibility index (Phi) is 8.16. The number of halogens is 2. The zero-order valence-corrected chi connectivity index (χ0v) is 24.9. The number of fused-ring (bicyclic) bond motifs is 1. The van der Waals surface area contributed by atoms with Crippen molar-refractivity contribution in [3.05, 3.63) is 95.3 Å². The maximum absolute atomic E-state index is 15.9. The van der Waals surface area contributed by atoms with Crippen LogP contribution in [0.5, 0.6) is 23.0 Å². The summed E-state index contributed by atoms with van der Waals surface area (Å²) in [7, 11) is 2.97. The van der Waals surface area contributed by atoms with E-state index in [1.165, 1.54) is 49.6 Å². The number of primary amides is 2. The number of allylic oxidation sites excluding steroid dienone is 1. The number of nitrogens with zero attached hydrogens (tertiary/aromatic N) is 2. The second kappa shape index (κ2) is 11.9. The minimum atomic E-state index is -2.14. The van der Waals surface area contributed by atoms with Gasteiger partial charge in [0.05, 0.1) is 25.3 Å². The average Bonchev–Trinajstić information content (AvgIpc) is 3.01. The first-order valence-electron chi connectivity index (χ1n) is 13.8. The van der Waals surface area contributed by atoms with Crippen molar-refractivity contribution in [3.8, 4) is 23.0 Å². The van der Waals surface area contributed by atoms with Crippen LogP contribution in [0.25, 0.3) is 16.5 Å². The van der Waals surface area contributed by atoms with E-state index in [4.69, 9.17) is 25.7 Å². The topological polar surface area (TPSA) is 147 Å². The third-order valence-corrected chi connectivity index (χ3v) is 7.81. The largest absolute Gasteiger partial charge is 0.493 e. The van der Waals surface area contributed by atoms with Crippen molar-refractivity contribution in [1.82, 2.24) is 9.88 Å². The molecule has 1 aliphatic heterocycles. The van der Waals surface area contributed by atoms with Gasteiger partial charge in [-0.3, -0.25) is 19.4 Å². The van der Waals surface area contributed by atoms with E-state index in [2.05, 4.69) is 4.98 Å². The molecule has 2 heterocycles. The number of benzene rings is 3. The summed E-state index contributed by atoms with van der Waals surface area (Å²) in [4.78, 5) is 46.1. The second-order valence-corrected chi connectivity index (χ2v) is 10.7. The van der Waals surface area contributed by atoms with Crippen LogP contribution < -0.4 is 25.7 Å². The number of hydrogen-bond donors (Lipinski definition) is 2. The van der Waals surface area contributed by atoms with Gasteiger partial charge in [-0.25, -0.2) is 8.78 Å². The van der Waals surface area contributed by atoms with Gasteiger partial charge in [-0.05, 0) is 61.4 Å². The summed E-state index contributed by atoms with van der Waals surface area (Å²) < 4.78 is 46.3. The molecule has 0 radical (unpaired) electrons. The molecule has 232 valence electrons. The number of rotatable bonds is 9. The molecular weight excluding hydrogens is 586 g/mol. The fraction of sp³-hybridized carbons (Fsp3) is 0.212. The fourth-order valence-corrected chi connectivity index (χ4v) is 5.52. The first-order valence-corrected chi connectivity index (χ1v) is 13.8. The molecule has 0 fully saturated rings. The molecular formula is C33H30F2N4O6. The molecule has 0 aliphatic carbocycles. The Labute approximate surface area is 257 Å². The smallest absolute Gasteiger partial charge is 0.265 e. The number of hydrogen-bond acceptors (Lipinski definition) is 8. The number of carbonyl (C=O) groups excluding carboxylic acids is 3. The molecule has 0 saturated heterocycles. The number of nitrogens with two attached hydrogens (primary N) is 2. The molecule has 5 rings (SSSR count). The zero-order chi connectivity index (χ0) is 32.6. The molecule has 10 nitrogen and oxygen atoms in total. The Morgan fingerprint density at radius 3 is 2.16 bits per heavy atom. The van der Waals surface area contributed by atoms with E-state index in [1.54, 1.807) is 32.0 Å². The van der Waals surface area contributed by atoms with E-state index < -0.39 is 47.2 Å². The SMILES string of the molecule is COc1cc2nccc(Oc3ccc(C4(C(N)=O)CN(C(C)C)C(C(N)=O)=C(c5ccc(F)cc5)C4=O)cc3F)c2cc1OC. The second-order valence-electron chi connectivity index (χ2n) is 10.7.